The number of benzene rings is 1. The summed E-state index contributed by atoms with van der Waals surface area (Å²) in [7, 11) is 4.80. The van der Waals surface area contributed by atoms with Gasteiger partial charge in [0.2, 0.25) is 0 Å². The van der Waals surface area contributed by atoms with E-state index in [-0.39, 0.29) is 0 Å². The Balaban J connectivity index is 2.06. The lowest BCUT2D eigenvalue weighted by Crippen LogP contribution is -2.55. The molecule has 1 heteroatoms. The molecule has 0 spiro atoms. The lowest BCUT2D eigenvalue weighted by Gasteiger charge is -2.45. The molecular formula is C27H50N+. The number of nitrogens with zero attached hydrogens (tertiary/aromatic N) is 1. The highest BCUT2D eigenvalue weighted by Crippen LogP contribution is 2.29. The number of unbranched alkanes of at least 4 members (excludes halogenated alkanes) is 12. The normalized spacial score (nSPS) is 12.5. The fourth-order valence-electron chi connectivity index (χ4n) is 4.13. The van der Waals surface area contributed by atoms with Crippen molar-refractivity contribution >= 4 is 0 Å². The molecule has 0 fully saturated rings. The molecule has 1 rings (SSSR count). The lowest BCUT2D eigenvalue weighted by atomic mass is 9.91. The highest BCUT2D eigenvalue weighted by molar-refractivity contribution is 5.13. The van der Waals surface area contributed by atoms with Gasteiger partial charge < -0.3 is 4.48 Å². The van der Waals surface area contributed by atoms with Crippen LogP contribution in [0.2, 0.25) is 0 Å². The van der Waals surface area contributed by atoms with Gasteiger partial charge in [0.25, 0.3) is 0 Å². The Morgan fingerprint density at radius 3 is 1.54 bits per heavy atom. The summed E-state index contributed by atoms with van der Waals surface area (Å²) in [6.45, 7) is 8.32. The van der Waals surface area contributed by atoms with Crippen molar-refractivity contribution in [3.8, 4) is 0 Å². The van der Waals surface area contributed by atoms with E-state index in [1.54, 1.807) is 0 Å². The van der Waals surface area contributed by atoms with Crippen LogP contribution in [0.4, 0.5) is 0 Å². The van der Waals surface area contributed by atoms with E-state index in [2.05, 4.69) is 65.2 Å². The van der Waals surface area contributed by atoms with Gasteiger partial charge in [0.05, 0.1) is 19.6 Å². The average molecular weight is 389 g/mol. The zero-order valence-electron chi connectivity index (χ0n) is 19.9. The average Bonchev–Trinajstić information content (AvgIpc) is 2.66. The topological polar surface area (TPSA) is 0 Å². The van der Waals surface area contributed by atoms with Gasteiger partial charge in [-0.15, -0.1) is 0 Å². The zero-order chi connectivity index (χ0) is 20.7. The van der Waals surface area contributed by atoms with Gasteiger partial charge >= 0.3 is 0 Å². The fraction of sp³-hybridized carbons (Fsp3) is 0.778. The monoisotopic (exact) mass is 388 g/mol. The molecule has 0 amide bonds. The molecule has 0 aliphatic heterocycles. The van der Waals surface area contributed by atoms with Gasteiger partial charge in [0, 0.05) is 12.0 Å². The summed E-state index contributed by atoms with van der Waals surface area (Å²) in [5.74, 6) is 0. The van der Waals surface area contributed by atoms with Crippen LogP contribution in [-0.4, -0.2) is 24.1 Å². The molecule has 1 aromatic carbocycles. The molecule has 28 heavy (non-hydrogen) atoms. The summed E-state index contributed by atoms with van der Waals surface area (Å²) in [6.07, 6.45) is 20.0. The summed E-state index contributed by atoms with van der Waals surface area (Å²) in [5, 5.41) is 0. The molecule has 0 atom stereocenters. The smallest absolute Gasteiger partial charge is 0.104 e. The van der Waals surface area contributed by atoms with Crippen LogP contribution in [-0.2, 0) is 6.54 Å². The van der Waals surface area contributed by atoms with Crippen LogP contribution in [0, 0.1) is 0 Å². The SMILES string of the molecule is CCCCCCCCCCCCCCCC(C)(C)[N+](C)(C)Cc1ccccc1. The van der Waals surface area contributed by atoms with Crippen molar-refractivity contribution in [3.05, 3.63) is 35.9 Å². The van der Waals surface area contributed by atoms with Crippen LogP contribution >= 0.6 is 0 Å². The number of quaternary nitrogens is 1. The summed E-state index contributed by atoms with van der Waals surface area (Å²) in [4.78, 5) is 0. The van der Waals surface area contributed by atoms with Crippen LogP contribution in [0.1, 0.15) is 116 Å². The molecule has 0 bridgehead atoms. The van der Waals surface area contributed by atoms with Gasteiger partial charge in [0.15, 0.2) is 0 Å². The minimum atomic E-state index is 0.327. The zero-order valence-corrected chi connectivity index (χ0v) is 19.9. The summed E-state index contributed by atoms with van der Waals surface area (Å²) < 4.78 is 1.06. The minimum absolute atomic E-state index is 0.327. The van der Waals surface area contributed by atoms with E-state index in [0.29, 0.717) is 5.54 Å². The van der Waals surface area contributed by atoms with Gasteiger partial charge in [-0.2, -0.15) is 0 Å². The molecule has 1 nitrogen and oxygen atoms in total. The van der Waals surface area contributed by atoms with E-state index in [1.165, 1.54) is 95.5 Å². The van der Waals surface area contributed by atoms with Crippen LogP contribution in [0.25, 0.3) is 0 Å². The molecule has 0 radical (unpaired) electrons. The Bertz CT molecular complexity index is 474. The largest absolute Gasteiger partial charge is 0.320 e. The third-order valence-corrected chi connectivity index (χ3v) is 6.95. The van der Waals surface area contributed by atoms with E-state index in [0.717, 1.165) is 11.0 Å². The molecule has 0 heterocycles. The van der Waals surface area contributed by atoms with E-state index in [9.17, 15) is 0 Å². The standard InChI is InChI=1S/C27H50N/c1-6-7-8-9-10-11-12-13-14-15-16-17-21-24-27(2,3)28(4,5)25-26-22-19-18-20-23-26/h18-20,22-23H,6-17,21,24-25H2,1-5H3/q+1. The predicted octanol–water partition coefficient (Wildman–Crippen LogP) is 8.52. The molecule has 1 aromatic rings. The first-order valence-corrected chi connectivity index (χ1v) is 12.3. The van der Waals surface area contributed by atoms with Crippen molar-refractivity contribution < 1.29 is 4.48 Å². The van der Waals surface area contributed by atoms with Crippen LogP contribution in [0.3, 0.4) is 0 Å². The van der Waals surface area contributed by atoms with Gasteiger partial charge in [0.1, 0.15) is 6.54 Å². The Hall–Kier alpha value is -0.820. The number of hydrogen-bond donors (Lipinski definition) is 0. The lowest BCUT2D eigenvalue weighted by molar-refractivity contribution is -0.950. The van der Waals surface area contributed by atoms with E-state index >= 15 is 0 Å². The Kier molecular flexibility index (Phi) is 12.8. The van der Waals surface area contributed by atoms with Crippen LogP contribution < -0.4 is 0 Å². The first-order chi connectivity index (χ1) is 13.4. The third-order valence-electron chi connectivity index (χ3n) is 6.95. The molecule has 162 valence electrons. The van der Waals surface area contributed by atoms with Crippen LogP contribution in [0.15, 0.2) is 30.3 Å². The molecule has 0 aliphatic carbocycles. The third kappa shape index (κ3) is 10.6. The molecule has 0 unspecified atom stereocenters. The second kappa shape index (κ2) is 14.2. The van der Waals surface area contributed by atoms with Crippen LogP contribution in [0.5, 0.6) is 0 Å². The van der Waals surface area contributed by atoms with Gasteiger partial charge in [-0.3, -0.25) is 0 Å². The molecule has 0 N–H and O–H groups in total. The van der Waals surface area contributed by atoms with E-state index in [1.807, 2.05) is 0 Å². The minimum Gasteiger partial charge on any atom is -0.320 e. The first-order valence-electron chi connectivity index (χ1n) is 12.3. The van der Waals surface area contributed by atoms with Crippen molar-refractivity contribution in [2.45, 2.75) is 123 Å². The van der Waals surface area contributed by atoms with E-state index < -0.39 is 0 Å². The molecular weight excluding hydrogens is 338 g/mol. The molecule has 0 saturated carbocycles. The van der Waals surface area contributed by atoms with Gasteiger partial charge in [-0.05, 0) is 20.3 Å². The van der Waals surface area contributed by atoms with Gasteiger partial charge in [-0.25, -0.2) is 0 Å². The maximum absolute atomic E-state index is 2.45. The van der Waals surface area contributed by atoms with Crippen molar-refractivity contribution in [2.24, 2.45) is 0 Å². The highest BCUT2D eigenvalue weighted by Gasteiger charge is 2.35. The number of rotatable bonds is 17. The summed E-state index contributed by atoms with van der Waals surface area (Å²) in [5.41, 5.74) is 1.78. The van der Waals surface area contributed by atoms with Gasteiger partial charge in [-0.1, -0.05) is 114 Å². The summed E-state index contributed by atoms with van der Waals surface area (Å²) >= 11 is 0. The summed E-state index contributed by atoms with van der Waals surface area (Å²) in [6, 6.07) is 11.0. The first kappa shape index (κ1) is 25.2. The quantitative estimate of drug-likeness (QED) is 0.185. The maximum atomic E-state index is 2.45. The van der Waals surface area contributed by atoms with Crippen molar-refractivity contribution in [3.63, 3.8) is 0 Å². The molecule has 0 aliphatic rings. The fourth-order valence-corrected chi connectivity index (χ4v) is 4.13. The second-order valence-electron chi connectivity index (χ2n) is 10.1. The predicted molar refractivity (Wildman–Crippen MR) is 127 cm³/mol. The number of hydrogen-bond acceptors (Lipinski definition) is 0. The maximum Gasteiger partial charge on any atom is 0.104 e. The second-order valence-corrected chi connectivity index (χ2v) is 10.1. The molecule has 0 aromatic heterocycles. The van der Waals surface area contributed by atoms with Crippen molar-refractivity contribution in [1.82, 2.24) is 0 Å². The Morgan fingerprint density at radius 1 is 0.643 bits per heavy atom. The van der Waals surface area contributed by atoms with Crippen molar-refractivity contribution in [2.75, 3.05) is 14.1 Å². The Labute approximate surface area is 177 Å². The molecule has 0 saturated heterocycles. The van der Waals surface area contributed by atoms with Crippen molar-refractivity contribution in [1.29, 1.82) is 0 Å². The highest BCUT2D eigenvalue weighted by atomic mass is 15.4. The van der Waals surface area contributed by atoms with E-state index in [4.69, 9.17) is 0 Å². The Morgan fingerprint density at radius 2 is 1.07 bits per heavy atom.